The van der Waals surface area contributed by atoms with E-state index in [4.69, 9.17) is 0 Å². The fourth-order valence-electron chi connectivity index (χ4n) is 3.44. The molecule has 2 heterocycles. The van der Waals surface area contributed by atoms with Gasteiger partial charge in [0.25, 0.3) is 5.91 Å². The molecule has 0 aliphatic carbocycles. The highest BCUT2D eigenvalue weighted by molar-refractivity contribution is 9.10. The predicted molar refractivity (Wildman–Crippen MR) is 111 cm³/mol. The Morgan fingerprint density at radius 1 is 1.04 bits per heavy atom. The molecule has 0 unspecified atom stereocenters. The second-order valence-electron chi connectivity index (χ2n) is 6.74. The number of rotatable bonds is 3. The molecule has 1 aliphatic rings. The van der Waals surface area contributed by atoms with Crippen molar-refractivity contribution in [1.29, 1.82) is 0 Å². The van der Waals surface area contributed by atoms with Gasteiger partial charge < -0.3 is 9.80 Å². The summed E-state index contributed by atoms with van der Waals surface area (Å²) in [5.41, 5.74) is 4.83. The smallest absolute Gasteiger partial charge is 0.272 e. The zero-order valence-electron chi connectivity index (χ0n) is 15.2. The molecule has 27 heavy (non-hydrogen) atoms. The lowest BCUT2D eigenvalue weighted by atomic mass is 10.1. The fourth-order valence-corrected chi connectivity index (χ4v) is 3.70. The van der Waals surface area contributed by atoms with Crippen molar-refractivity contribution >= 4 is 27.5 Å². The standard InChI is InChI=1S/C21H21BrN4O/c1-15-4-2-3-5-20(15)25-10-12-26(13-11-25)21(27)19-14-18(23-24-19)16-6-8-17(22)9-7-16/h2-9,14H,10-13H2,1H3,(H,23,24). The summed E-state index contributed by atoms with van der Waals surface area (Å²) in [4.78, 5) is 17.1. The molecule has 138 valence electrons. The van der Waals surface area contributed by atoms with Crippen LogP contribution in [-0.4, -0.2) is 47.2 Å². The molecule has 5 nitrogen and oxygen atoms in total. The molecule has 2 aromatic carbocycles. The van der Waals surface area contributed by atoms with Gasteiger partial charge in [0.05, 0.1) is 5.69 Å². The molecule has 1 aliphatic heterocycles. The topological polar surface area (TPSA) is 52.2 Å². The van der Waals surface area contributed by atoms with E-state index in [-0.39, 0.29) is 5.91 Å². The Hall–Kier alpha value is -2.60. The molecule has 3 aromatic rings. The third kappa shape index (κ3) is 3.76. The van der Waals surface area contributed by atoms with Crippen LogP contribution in [0, 0.1) is 6.92 Å². The molecule has 0 radical (unpaired) electrons. The monoisotopic (exact) mass is 424 g/mol. The molecule has 4 rings (SSSR count). The quantitative estimate of drug-likeness (QED) is 0.687. The number of amides is 1. The van der Waals surface area contributed by atoms with Gasteiger partial charge in [0.15, 0.2) is 0 Å². The van der Waals surface area contributed by atoms with E-state index < -0.39 is 0 Å². The zero-order chi connectivity index (χ0) is 18.8. The third-order valence-electron chi connectivity index (χ3n) is 4.97. The number of piperazine rings is 1. The first-order valence-electron chi connectivity index (χ1n) is 9.03. The summed E-state index contributed by atoms with van der Waals surface area (Å²) in [5, 5.41) is 7.21. The number of para-hydroxylation sites is 1. The van der Waals surface area contributed by atoms with Gasteiger partial charge in [-0.15, -0.1) is 0 Å². The van der Waals surface area contributed by atoms with E-state index in [2.05, 4.69) is 62.2 Å². The summed E-state index contributed by atoms with van der Waals surface area (Å²) in [6.07, 6.45) is 0. The Labute approximate surface area is 167 Å². The van der Waals surface area contributed by atoms with Crippen molar-refractivity contribution in [3.05, 3.63) is 70.3 Å². The van der Waals surface area contributed by atoms with Crippen molar-refractivity contribution in [3.63, 3.8) is 0 Å². The molecular formula is C21H21BrN4O. The Kier molecular flexibility index (Phi) is 4.99. The van der Waals surface area contributed by atoms with Crippen molar-refractivity contribution in [2.75, 3.05) is 31.1 Å². The van der Waals surface area contributed by atoms with E-state index >= 15 is 0 Å². The number of aryl methyl sites for hydroxylation is 1. The number of anilines is 1. The van der Waals surface area contributed by atoms with E-state index in [9.17, 15) is 4.79 Å². The normalized spacial score (nSPS) is 14.4. The van der Waals surface area contributed by atoms with E-state index in [0.29, 0.717) is 18.8 Å². The van der Waals surface area contributed by atoms with Crippen LogP contribution in [0.15, 0.2) is 59.1 Å². The first-order chi connectivity index (χ1) is 13.1. The van der Waals surface area contributed by atoms with Crippen LogP contribution in [0.25, 0.3) is 11.3 Å². The number of halogens is 1. The molecule has 0 bridgehead atoms. The summed E-state index contributed by atoms with van der Waals surface area (Å²) in [5.74, 6) is 0.00953. The van der Waals surface area contributed by atoms with Gasteiger partial charge in [-0.05, 0) is 36.8 Å². The lowest BCUT2D eigenvalue weighted by Crippen LogP contribution is -2.49. The molecule has 1 N–H and O–H groups in total. The second kappa shape index (κ2) is 7.56. The second-order valence-corrected chi connectivity index (χ2v) is 7.66. The van der Waals surface area contributed by atoms with Gasteiger partial charge in [-0.3, -0.25) is 9.89 Å². The maximum atomic E-state index is 12.8. The Balaban J connectivity index is 1.43. The molecule has 0 atom stereocenters. The van der Waals surface area contributed by atoms with E-state index in [0.717, 1.165) is 28.8 Å². The molecule has 1 saturated heterocycles. The fraction of sp³-hybridized carbons (Fsp3) is 0.238. The predicted octanol–water partition coefficient (Wildman–Crippen LogP) is 4.11. The number of carbonyl (C=O) groups excluding carboxylic acids is 1. The SMILES string of the molecule is Cc1ccccc1N1CCN(C(=O)c2cc(-c3ccc(Br)cc3)n[nH]2)CC1. The summed E-state index contributed by atoms with van der Waals surface area (Å²) in [7, 11) is 0. The highest BCUT2D eigenvalue weighted by Crippen LogP contribution is 2.23. The van der Waals surface area contributed by atoms with E-state index in [1.807, 2.05) is 35.2 Å². The molecule has 0 spiro atoms. The summed E-state index contributed by atoms with van der Waals surface area (Å²) < 4.78 is 1.02. The Morgan fingerprint density at radius 2 is 1.74 bits per heavy atom. The number of carbonyl (C=O) groups is 1. The lowest BCUT2D eigenvalue weighted by Gasteiger charge is -2.36. The first-order valence-corrected chi connectivity index (χ1v) is 9.82. The van der Waals surface area contributed by atoms with Crippen LogP contribution in [0.3, 0.4) is 0 Å². The lowest BCUT2D eigenvalue weighted by molar-refractivity contribution is 0.0741. The maximum absolute atomic E-state index is 12.8. The number of hydrogen-bond donors (Lipinski definition) is 1. The number of H-pyrrole nitrogens is 1. The van der Waals surface area contributed by atoms with Gasteiger partial charge in [-0.2, -0.15) is 5.10 Å². The average Bonchev–Trinajstić information content (AvgIpc) is 3.19. The number of benzene rings is 2. The molecule has 1 fully saturated rings. The van der Waals surface area contributed by atoms with Gasteiger partial charge >= 0.3 is 0 Å². The van der Waals surface area contributed by atoms with Gasteiger partial charge in [-0.25, -0.2) is 0 Å². The van der Waals surface area contributed by atoms with Crippen LogP contribution < -0.4 is 4.90 Å². The van der Waals surface area contributed by atoms with Crippen LogP contribution in [-0.2, 0) is 0 Å². The Bertz CT molecular complexity index is 943. The minimum Gasteiger partial charge on any atom is -0.368 e. The first kappa shape index (κ1) is 17.8. The third-order valence-corrected chi connectivity index (χ3v) is 5.50. The molecule has 6 heteroatoms. The number of nitrogens with zero attached hydrogens (tertiary/aromatic N) is 3. The number of hydrogen-bond acceptors (Lipinski definition) is 3. The molecule has 1 amide bonds. The van der Waals surface area contributed by atoms with Gasteiger partial charge in [-0.1, -0.05) is 46.3 Å². The molecular weight excluding hydrogens is 404 g/mol. The van der Waals surface area contributed by atoms with E-state index in [1.165, 1.54) is 11.3 Å². The number of aromatic nitrogens is 2. The maximum Gasteiger partial charge on any atom is 0.272 e. The Morgan fingerprint density at radius 3 is 2.44 bits per heavy atom. The number of aromatic amines is 1. The number of nitrogens with one attached hydrogen (secondary N) is 1. The van der Waals surface area contributed by atoms with E-state index in [1.54, 1.807) is 0 Å². The van der Waals surface area contributed by atoms with Crippen LogP contribution in [0.4, 0.5) is 5.69 Å². The highest BCUT2D eigenvalue weighted by atomic mass is 79.9. The highest BCUT2D eigenvalue weighted by Gasteiger charge is 2.24. The van der Waals surface area contributed by atoms with Crippen LogP contribution in [0.5, 0.6) is 0 Å². The summed E-state index contributed by atoms with van der Waals surface area (Å²) in [6.45, 7) is 5.22. The molecule has 1 aromatic heterocycles. The zero-order valence-corrected chi connectivity index (χ0v) is 16.7. The van der Waals surface area contributed by atoms with Crippen LogP contribution in [0.2, 0.25) is 0 Å². The summed E-state index contributed by atoms with van der Waals surface area (Å²) >= 11 is 3.43. The molecule has 0 saturated carbocycles. The minimum absolute atomic E-state index is 0.00953. The van der Waals surface area contributed by atoms with Gasteiger partial charge in [0.1, 0.15) is 5.69 Å². The van der Waals surface area contributed by atoms with Crippen LogP contribution >= 0.6 is 15.9 Å². The van der Waals surface area contributed by atoms with Gasteiger partial charge in [0, 0.05) is 41.9 Å². The average molecular weight is 425 g/mol. The van der Waals surface area contributed by atoms with Gasteiger partial charge in [0.2, 0.25) is 0 Å². The minimum atomic E-state index is 0.00953. The summed E-state index contributed by atoms with van der Waals surface area (Å²) in [6, 6.07) is 18.1. The van der Waals surface area contributed by atoms with Crippen LogP contribution in [0.1, 0.15) is 16.1 Å². The van der Waals surface area contributed by atoms with Crippen molar-refractivity contribution < 1.29 is 4.79 Å². The largest absolute Gasteiger partial charge is 0.368 e. The van der Waals surface area contributed by atoms with Crippen molar-refractivity contribution in [2.24, 2.45) is 0 Å². The van der Waals surface area contributed by atoms with Crippen molar-refractivity contribution in [1.82, 2.24) is 15.1 Å². The van der Waals surface area contributed by atoms with Crippen molar-refractivity contribution in [2.45, 2.75) is 6.92 Å². The van der Waals surface area contributed by atoms with Crippen molar-refractivity contribution in [3.8, 4) is 11.3 Å².